The van der Waals surface area contributed by atoms with Gasteiger partial charge in [0.15, 0.2) is 11.6 Å². The molecule has 6 rings (SSSR count). The lowest BCUT2D eigenvalue weighted by Gasteiger charge is -2.44. The summed E-state index contributed by atoms with van der Waals surface area (Å²) in [6.45, 7) is 5.82. The third kappa shape index (κ3) is 5.39. The molecule has 2 aromatic carbocycles. The zero-order valence-electron chi connectivity index (χ0n) is 22.9. The van der Waals surface area contributed by atoms with Crippen molar-refractivity contribution in [3.63, 3.8) is 0 Å². The minimum Gasteiger partial charge on any atom is -0.377 e. The molecule has 0 bridgehead atoms. The molecule has 40 heavy (non-hydrogen) atoms. The van der Waals surface area contributed by atoms with Crippen LogP contribution >= 0.6 is 0 Å². The molecular weight excluding hydrogens is 506 g/mol. The van der Waals surface area contributed by atoms with Crippen molar-refractivity contribution in [1.29, 1.82) is 0 Å². The van der Waals surface area contributed by atoms with Crippen LogP contribution in [0.3, 0.4) is 0 Å². The molecule has 2 N–H and O–H groups in total. The predicted molar refractivity (Wildman–Crippen MR) is 156 cm³/mol. The Kier molecular flexibility index (Phi) is 8.07. The number of carbonyl (C=O) groups is 2. The maximum atomic E-state index is 13.6. The van der Waals surface area contributed by atoms with Crippen LogP contribution in [-0.4, -0.2) is 59.3 Å². The zero-order valence-corrected chi connectivity index (χ0v) is 22.9. The number of nitrogens with one attached hydrogen (secondary N) is 2. The zero-order chi connectivity index (χ0) is 28.1. The quantitative estimate of drug-likeness (QED) is 0.388. The highest BCUT2D eigenvalue weighted by molar-refractivity contribution is 6.05. The maximum Gasteiger partial charge on any atom is 0.318 e. The van der Waals surface area contributed by atoms with Crippen molar-refractivity contribution in [3.8, 4) is 17.1 Å². The molecule has 1 atom stereocenters. The molecule has 0 saturated carbocycles. The summed E-state index contributed by atoms with van der Waals surface area (Å²) >= 11 is 0. The molecule has 2 aliphatic heterocycles. The average molecular weight is 540 g/mol. The minimum absolute atomic E-state index is 0.0236. The number of carbonyl (C=O) groups excluding carboxylic acids is 2. The summed E-state index contributed by atoms with van der Waals surface area (Å²) in [4.78, 5) is 38.6. The highest BCUT2D eigenvalue weighted by atomic mass is 16.5. The summed E-state index contributed by atoms with van der Waals surface area (Å²) in [5.74, 6) is 1.24. The SMILES string of the molecule is CC.CNC(=O)Nc1ccc(-c2ncc3c(n2)N2CCOCC2C(=O)N3Cc2cccc(-n3cccc3)c2)cc1. The van der Waals surface area contributed by atoms with E-state index in [0.717, 1.165) is 22.6 Å². The van der Waals surface area contributed by atoms with Crippen molar-refractivity contribution in [1.82, 2.24) is 19.9 Å². The number of ether oxygens (including phenoxy) is 1. The molecule has 3 amide bonds. The monoisotopic (exact) mass is 539 g/mol. The fraction of sp³-hybridized carbons (Fsp3) is 0.267. The Morgan fingerprint density at radius 1 is 1.07 bits per heavy atom. The van der Waals surface area contributed by atoms with Crippen molar-refractivity contribution < 1.29 is 14.3 Å². The molecule has 10 heteroatoms. The number of aromatic nitrogens is 3. The first-order chi connectivity index (χ1) is 19.6. The molecule has 2 aliphatic rings. The Balaban J connectivity index is 0.00000158. The third-order valence-corrected chi connectivity index (χ3v) is 6.77. The second-order valence-electron chi connectivity index (χ2n) is 9.15. The number of benzene rings is 2. The van der Waals surface area contributed by atoms with Gasteiger partial charge in [-0.25, -0.2) is 14.8 Å². The smallest absolute Gasteiger partial charge is 0.318 e. The first kappa shape index (κ1) is 26.9. The van der Waals surface area contributed by atoms with E-state index in [9.17, 15) is 9.59 Å². The fourth-order valence-electron chi connectivity index (χ4n) is 4.83. The lowest BCUT2D eigenvalue weighted by atomic mass is 10.1. The summed E-state index contributed by atoms with van der Waals surface area (Å²) in [6, 6.07) is 18.7. The van der Waals surface area contributed by atoms with Gasteiger partial charge in [-0.3, -0.25) is 4.79 Å². The fourth-order valence-corrected chi connectivity index (χ4v) is 4.83. The van der Waals surface area contributed by atoms with Gasteiger partial charge in [-0.15, -0.1) is 0 Å². The van der Waals surface area contributed by atoms with E-state index < -0.39 is 6.04 Å². The predicted octanol–water partition coefficient (Wildman–Crippen LogP) is 4.46. The molecule has 206 valence electrons. The average Bonchev–Trinajstić information content (AvgIpc) is 3.56. The largest absolute Gasteiger partial charge is 0.377 e. The van der Waals surface area contributed by atoms with Crippen molar-refractivity contribution in [2.45, 2.75) is 26.4 Å². The van der Waals surface area contributed by atoms with Crippen LogP contribution in [0.25, 0.3) is 17.1 Å². The van der Waals surface area contributed by atoms with Gasteiger partial charge in [-0.2, -0.15) is 0 Å². The number of anilines is 3. The molecule has 4 heterocycles. The molecule has 0 spiro atoms. The van der Waals surface area contributed by atoms with Gasteiger partial charge in [0, 0.05) is 42.9 Å². The summed E-state index contributed by atoms with van der Waals surface area (Å²) in [5.41, 5.74) is 4.19. The number of amides is 3. The van der Waals surface area contributed by atoms with Crippen LogP contribution in [-0.2, 0) is 16.1 Å². The van der Waals surface area contributed by atoms with E-state index in [4.69, 9.17) is 9.72 Å². The molecule has 10 nitrogen and oxygen atoms in total. The van der Waals surface area contributed by atoms with Gasteiger partial charge < -0.3 is 29.7 Å². The van der Waals surface area contributed by atoms with Gasteiger partial charge in [0.05, 0.1) is 26.0 Å². The molecule has 4 aromatic rings. The first-order valence-corrected chi connectivity index (χ1v) is 13.4. The lowest BCUT2D eigenvalue weighted by Crippen LogP contribution is -2.58. The number of hydrogen-bond acceptors (Lipinski definition) is 6. The maximum absolute atomic E-state index is 13.6. The van der Waals surface area contributed by atoms with Crippen LogP contribution in [0.5, 0.6) is 0 Å². The van der Waals surface area contributed by atoms with E-state index in [0.29, 0.717) is 43.5 Å². The Morgan fingerprint density at radius 2 is 1.85 bits per heavy atom. The van der Waals surface area contributed by atoms with E-state index in [1.54, 1.807) is 30.3 Å². The van der Waals surface area contributed by atoms with Crippen LogP contribution < -0.4 is 20.4 Å². The van der Waals surface area contributed by atoms with Crippen LogP contribution in [0.15, 0.2) is 79.3 Å². The molecule has 2 aromatic heterocycles. The standard InChI is InChI=1S/C28H27N7O3.C2H6/c1-29-28(37)31-21-9-7-20(8-10-21)25-30-16-23-26(32-25)34-13-14-38-18-24(34)27(36)35(23)17-19-5-4-6-22(15-19)33-11-2-3-12-33;1-2/h2-12,15-16,24H,13-14,17-18H2,1H3,(H2,29,31,37);1-2H3. The summed E-state index contributed by atoms with van der Waals surface area (Å²) in [7, 11) is 1.57. The van der Waals surface area contributed by atoms with E-state index in [2.05, 4.69) is 21.7 Å². The van der Waals surface area contributed by atoms with Crippen LogP contribution in [0.1, 0.15) is 19.4 Å². The van der Waals surface area contributed by atoms with Crippen molar-refractivity contribution in [2.75, 3.05) is 41.9 Å². The van der Waals surface area contributed by atoms with E-state index in [1.807, 2.05) is 78.2 Å². The number of rotatable bonds is 5. The normalized spacial score (nSPS) is 15.9. The van der Waals surface area contributed by atoms with Gasteiger partial charge in [-0.1, -0.05) is 26.0 Å². The molecule has 1 unspecified atom stereocenters. The Morgan fingerprint density at radius 3 is 2.60 bits per heavy atom. The number of urea groups is 1. The second kappa shape index (κ2) is 12.0. The van der Waals surface area contributed by atoms with Crippen LogP contribution in [0.2, 0.25) is 0 Å². The van der Waals surface area contributed by atoms with Gasteiger partial charge in [0.2, 0.25) is 0 Å². The van der Waals surface area contributed by atoms with E-state index in [-0.39, 0.29) is 11.9 Å². The van der Waals surface area contributed by atoms with Crippen molar-refractivity contribution >= 4 is 29.1 Å². The number of fused-ring (bicyclic) bond motifs is 3. The Labute approximate surface area is 233 Å². The third-order valence-electron chi connectivity index (χ3n) is 6.77. The van der Waals surface area contributed by atoms with Gasteiger partial charge >= 0.3 is 6.03 Å². The molecule has 0 aliphatic carbocycles. The Hall–Kier alpha value is -4.70. The van der Waals surface area contributed by atoms with Crippen LogP contribution in [0, 0.1) is 0 Å². The van der Waals surface area contributed by atoms with Gasteiger partial charge in [0.1, 0.15) is 11.7 Å². The van der Waals surface area contributed by atoms with E-state index >= 15 is 0 Å². The van der Waals surface area contributed by atoms with Gasteiger partial charge in [0.25, 0.3) is 5.91 Å². The lowest BCUT2D eigenvalue weighted by molar-refractivity contribution is -0.122. The summed E-state index contributed by atoms with van der Waals surface area (Å²) < 4.78 is 7.72. The van der Waals surface area contributed by atoms with Crippen molar-refractivity contribution in [2.24, 2.45) is 0 Å². The van der Waals surface area contributed by atoms with Crippen LogP contribution in [0.4, 0.5) is 22.0 Å². The van der Waals surface area contributed by atoms with Crippen molar-refractivity contribution in [3.05, 3.63) is 84.8 Å². The van der Waals surface area contributed by atoms with E-state index in [1.165, 1.54) is 0 Å². The number of hydrogen-bond donors (Lipinski definition) is 2. The first-order valence-electron chi connectivity index (χ1n) is 13.4. The summed E-state index contributed by atoms with van der Waals surface area (Å²) in [6.07, 6.45) is 5.72. The molecule has 1 saturated heterocycles. The molecule has 0 radical (unpaired) electrons. The number of morpholine rings is 1. The van der Waals surface area contributed by atoms with Gasteiger partial charge in [-0.05, 0) is 54.1 Å². The molecular formula is C30H33N7O3. The second-order valence-corrected chi connectivity index (χ2v) is 9.15. The summed E-state index contributed by atoms with van der Waals surface area (Å²) in [5, 5.41) is 5.28. The number of nitrogens with zero attached hydrogens (tertiary/aromatic N) is 5. The Bertz CT molecular complexity index is 1470. The highest BCUT2D eigenvalue weighted by Gasteiger charge is 2.41. The topological polar surface area (TPSA) is 105 Å². The molecule has 1 fully saturated rings. The minimum atomic E-state index is -0.439. The highest BCUT2D eigenvalue weighted by Crippen LogP contribution is 2.37.